The van der Waals surface area contributed by atoms with Gasteiger partial charge in [-0.2, -0.15) is 0 Å². The number of Topliss-reactive ketones (excluding diaryl/α,β-unsaturated/α-hetero) is 1. The lowest BCUT2D eigenvalue weighted by atomic mass is 10.1. The topological polar surface area (TPSA) is 40.5 Å². The number of rotatable bonds is 4. The molecule has 17 heavy (non-hydrogen) atoms. The highest BCUT2D eigenvalue weighted by molar-refractivity contribution is 5.83. The van der Waals surface area contributed by atoms with Gasteiger partial charge in [-0.15, -0.1) is 0 Å². The van der Waals surface area contributed by atoms with Gasteiger partial charge in [0.15, 0.2) is 5.78 Å². The van der Waals surface area contributed by atoms with Gasteiger partial charge in [-0.3, -0.25) is 9.69 Å². The van der Waals surface area contributed by atoms with E-state index in [0.717, 1.165) is 18.7 Å². The van der Waals surface area contributed by atoms with E-state index in [1.165, 1.54) is 19.3 Å². The van der Waals surface area contributed by atoms with Gasteiger partial charge in [-0.05, 0) is 32.0 Å². The number of carbonyl (C=O) groups excluding carboxylic acids is 1. The summed E-state index contributed by atoms with van der Waals surface area (Å²) in [6.07, 6.45) is 4.01. The zero-order valence-electron chi connectivity index (χ0n) is 10.1. The Morgan fingerprint density at radius 2 is 1.88 bits per heavy atom. The number of phenolic OH excluding ortho intramolecular Hbond substituents is 1. The van der Waals surface area contributed by atoms with Crippen molar-refractivity contribution in [1.29, 1.82) is 0 Å². The fourth-order valence-corrected chi connectivity index (χ4v) is 2.30. The minimum atomic E-state index is 0.188. The van der Waals surface area contributed by atoms with Crippen LogP contribution in [0.1, 0.15) is 24.8 Å². The number of piperidine rings is 1. The minimum absolute atomic E-state index is 0.188. The number of ketones is 1. The smallest absolute Gasteiger partial charge is 0.151 e. The summed E-state index contributed by atoms with van der Waals surface area (Å²) in [5.74, 6) is 0.410. The standard InChI is InChI=1S/C14H19NO2/c16-13(11-15-8-4-1-5-9-15)10-12-6-2-3-7-14(12)17/h2-3,6-7,17H,1,4-5,8-11H2. The summed E-state index contributed by atoms with van der Waals surface area (Å²) < 4.78 is 0. The fraction of sp³-hybridized carbons (Fsp3) is 0.500. The Labute approximate surface area is 102 Å². The number of benzene rings is 1. The second-order valence-electron chi connectivity index (χ2n) is 4.68. The molecule has 1 aromatic rings. The molecule has 0 bridgehead atoms. The highest BCUT2D eigenvalue weighted by atomic mass is 16.3. The molecule has 3 nitrogen and oxygen atoms in total. The first-order valence-electron chi connectivity index (χ1n) is 6.26. The van der Waals surface area contributed by atoms with E-state index in [1.807, 2.05) is 12.1 Å². The molecule has 2 rings (SSSR count). The van der Waals surface area contributed by atoms with E-state index in [9.17, 15) is 9.90 Å². The van der Waals surface area contributed by atoms with Crippen molar-refractivity contribution >= 4 is 5.78 Å². The molecule has 0 unspecified atom stereocenters. The molecule has 1 heterocycles. The van der Waals surface area contributed by atoms with Gasteiger partial charge in [0.1, 0.15) is 5.75 Å². The molecule has 92 valence electrons. The summed E-state index contributed by atoms with van der Waals surface area (Å²) in [4.78, 5) is 14.1. The van der Waals surface area contributed by atoms with Crippen LogP contribution in [-0.4, -0.2) is 35.4 Å². The van der Waals surface area contributed by atoms with Gasteiger partial charge < -0.3 is 5.11 Å². The third-order valence-electron chi connectivity index (χ3n) is 3.23. The van der Waals surface area contributed by atoms with Crippen LogP contribution in [0.15, 0.2) is 24.3 Å². The summed E-state index contributed by atoms with van der Waals surface area (Å²) in [5, 5.41) is 9.60. The zero-order valence-corrected chi connectivity index (χ0v) is 10.1. The highest BCUT2D eigenvalue weighted by Gasteiger charge is 2.14. The van der Waals surface area contributed by atoms with Crippen LogP contribution in [0.4, 0.5) is 0 Å². The lowest BCUT2D eigenvalue weighted by molar-refractivity contribution is -0.119. The molecule has 3 heteroatoms. The van der Waals surface area contributed by atoms with Crippen molar-refractivity contribution in [2.24, 2.45) is 0 Å². The molecule has 0 spiro atoms. The first kappa shape index (κ1) is 12.1. The van der Waals surface area contributed by atoms with Crippen molar-refractivity contribution in [2.75, 3.05) is 19.6 Å². The predicted octanol–water partition coefficient (Wildman–Crippen LogP) is 1.99. The molecular weight excluding hydrogens is 214 g/mol. The maximum absolute atomic E-state index is 11.9. The Hall–Kier alpha value is -1.35. The molecule has 0 atom stereocenters. The Balaban J connectivity index is 1.86. The van der Waals surface area contributed by atoms with E-state index in [1.54, 1.807) is 12.1 Å². The summed E-state index contributed by atoms with van der Waals surface area (Å²) in [6, 6.07) is 7.06. The van der Waals surface area contributed by atoms with E-state index in [0.29, 0.717) is 13.0 Å². The fourth-order valence-electron chi connectivity index (χ4n) is 2.30. The van der Waals surface area contributed by atoms with Gasteiger partial charge in [0.2, 0.25) is 0 Å². The Morgan fingerprint density at radius 3 is 2.59 bits per heavy atom. The van der Waals surface area contributed by atoms with Gasteiger partial charge in [-0.1, -0.05) is 24.6 Å². The Kier molecular flexibility index (Phi) is 4.15. The van der Waals surface area contributed by atoms with Crippen molar-refractivity contribution in [3.63, 3.8) is 0 Å². The van der Waals surface area contributed by atoms with Crippen LogP contribution in [-0.2, 0) is 11.2 Å². The molecule has 1 saturated heterocycles. The number of carbonyl (C=O) groups is 1. The van der Waals surface area contributed by atoms with Crippen molar-refractivity contribution in [3.05, 3.63) is 29.8 Å². The van der Waals surface area contributed by atoms with Crippen LogP contribution in [0.25, 0.3) is 0 Å². The van der Waals surface area contributed by atoms with Crippen molar-refractivity contribution in [1.82, 2.24) is 4.90 Å². The molecule has 0 aliphatic carbocycles. The number of hydrogen-bond acceptors (Lipinski definition) is 3. The molecule has 1 aliphatic heterocycles. The van der Waals surface area contributed by atoms with E-state index in [4.69, 9.17) is 0 Å². The molecule has 1 fully saturated rings. The van der Waals surface area contributed by atoms with E-state index in [2.05, 4.69) is 4.90 Å². The molecular formula is C14H19NO2. The average Bonchev–Trinajstić information content (AvgIpc) is 2.33. The van der Waals surface area contributed by atoms with Gasteiger partial charge in [0, 0.05) is 12.0 Å². The Bertz CT molecular complexity index is 384. The second-order valence-corrected chi connectivity index (χ2v) is 4.68. The van der Waals surface area contributed by atoms with Crippen molar-refractivity contribution < 1.29 is 9.90 Å². The first-order chi connectivity index (χ1) is 8.25. The summed E-state index contributed by atoms with van der Waals surface area (Å²) >= 11 is 0. The number of aromatic hydroxyl groups is 1. The maximum Gasteiger partial charge on any atom is 0.151 e. The zero-order chi connectivity index (χ0) is 12.1. The number of phenols is 1. The molecule has 0 amide bonds. The van der Waals surface area contributed by atoms with Crippen LogP contribution in [0.2, 0.25) is 0 Å². The predicted molar refractivity (Wildman–Crippen MR) is 67.1 cm³/mol. The van der Waals surface area contributed by atoms with Crippen molar-refractivity contribution in [2.45, 2.75) is 25.7 Å². The largest absolute Gasteiger partial charge is 0.508 e. The van der Waals surface area contributed by atoms with E-state index >= 15 is 0 Å². The number of para-hydroxylation sites is 1. The lowest BCUT2D eigenvalue weighted by Crippen LogP contribution is -2.35. The SMILES string of the molecule is O=C(Cc1ccccc1O)CN1CCCCC1. The van der Waals surface area contributed by atoms with Crippen LogP contribution in [0, 0.1) is 0 Å². The van der Waals surface area contributed by atoms with Crippen LogP contribution in [0.5, 0.6) is 5.75 Å². The van der Waals surface area contributed by atoms with Gasteiger partial charge in [0.05, 0.1) is 6.54 Å². The molecule has 0 radical (unpaired) electrons. The van der Waals surface area contributed by atoms with E-state index in [-0.39, 0.29) is 11.5 Å². The van der Waals surface area contributed by atoms with Gasteiger partial charge >= 0.3 is 0 Å². The highest BCUT2D eigenvalue weighted by Crippen LogP contribution is 2.17. The molecule has 1 N–H and O–H groups in total. The first-order valence-corrected chi connectivity index (χ1v) is 6.26. The third kappa shape index (κ3) is 3.56. The average molecular weight is 233 g/mol. The summed E-state index contributed by atoms with van der Waals surface area (Å²) in [6.45, 7) is 2.59. The number of likely N-dealkylation sites (tertiary alicyclic amines) is 1. The lowest BCUT2D eigenvalue weighted by Gasteiger charge is -2.25. The van der Waals surface area contributed by atoms with Crippen LogP contribution < -0.4 is 0 Å². The Morgan fingerprint density at radius 1 is 1.18 bits per heavy atom. The normalized spacial score (nSPS) is 16.9. The quantitative estimate of drug-likeness (QED) is 0.864. The summed E-state index contributed by atoms with van der Waals surface area (Å²) in [7, 11) is 0. The maximum atomic E-state index is 11.9. The third-order valence-corrected chi connectivity index (χ3v) is 3.23. The van der Waals surface area contributed by atoms with Gasteiger partial charge in [0.25, 0.3) is 0 Å². The molecule has 1 aliphatic rings. The van der Waals surface area contributed by atoms with Crippen LogP contribution >= 0.6 is 0 Å². The molecule has 0 saturated carbocycles. The minimum Gasteiger partial charge on any atom is -0.508 e. The second kappa shape index (κ2) is 5.82. The van der Waals surface area contributed by atoms with Crippen molar-refractivity contribution in [3.8, 4) is 5.75 Å². The van der Waals surface area contributed by atoms with Gasteiger partial charge in [-0.25, -0.2) is 0 Å². The summed E-state index contributed by atoms with van der Waals surface area (Å²) in [5.41, 5.74) is 0.731. The van der Waals surface area contributed by atoms with Crippen LogP contribution in [0.3, 0.4) is 0 Å². The monoisotopic (exact) mass is 233 g/mol. The molecule has 0 aromatic heterocycles. The number of hydrogen-bond donors (Lipinski definition) is 1. The number of nitrogens with zero attached hydrogens (tertiary/aromatic N) is 1. The van der Waals surface area contributed by atoms with E-state index < -0.39 is 0 Å². The molecule has 1 aromatic carbocycles.